The fourth-order valence-electron chi connectivity index (χ4n) is 2.75. The van der Waals surface area contributed by atoms with Crippen molar-refractivity contribution in [1.82, 2.24) is 4.37 Å². The number of anilines is 1. The van der Waals surface area contributed by atoms with E-state index in [9.17, 15) is 4.79 Å². The summed E-state index contributed by atoms with van der Waals surface area (Å²) >= 11 is 1.25. The van der Waals surface area contributed by atoms with Crippen molar-refractivity contribution in [1.29, 1.82) is 0 Å². The molecule has 0 saturated heterocycles. The van der Waals surface area contributed by atoms with Gasteiger partial charge >= 0.3 is 5.97 Å². The molecule has 4 nitrogen and oxygen atoms in total. The van der Waals surface area contributed by atoms with E-state index in [1.54, 1.807) is 6.92 Å². The summed E-state index contributed by atoms with van der Waals surface area (Å²) in [4.78, 5) is 11.1. The lowest BCUT2D eigenvalue weighted by Crippen LogP contribution is -2.16. The van der Waals surface area contributed by atoms with Crippen LogP contribution in [-0.2, 0) is 0 Å². The van der Waals surface area contributed by atoms with Crippen LogP contribution in [0.5, 0.6) is 0 Å². The predicted octanol–water partition coefficient (Wildman–Crippen LogP) is 3.78. The number of hydrogen-bond donors (Lipinski definition) is 2. The Kier molecular flexibility index (Phi) is 4.80. The molecule has 0 aromatic carbocycles. The second-order valence-corrected chi connectivity index (χ2v) is 6.39. The van der Waals surface area contributed by atoms with Gasteiger partial charge in [0.05, 0.1) is 5.69 Å². The number of aryl methyl sites for hydroxylation is 1. The fraction of sp³-hybridized carbons (Fsp3) is 0.714. The molecule has 0 amide bonds. The Morgan fingerprint density at radius 3 is 2.74 bits per heavy atom. The van der Waals surface area contributed by atoms with Crippen molar-refractivity contribution in [2.75, 3.05) is 11.9 Å². The van der Waals surface area contributed by atoms with Crippen molar-refractivity contribution < 1.29 is 9.90 Å². The molecule has 1 aromatic heterocycles. The summed E-state index contributed by atoms with van der Waals surface area (Å²) in [6, 6.07) is 0. The monoisotopic (exact) mass is 282 g/mol. The number of nitrogens with zero attached hydrogens (tertiary/aromatic N) is 1. The molecule has 1 saturated carbocycles. The molecule has 1 fully saturated rings. The minimum atomic E-state index is -0.889. The highest BCUT2D eigenvalue weighted by molar-refractivity contribution is 7.10. The SMILES string of the molecule is Cc1nsc(NCCC2CCC(C)CC2)c1C(=O)O. The fourth-order valence-corrected chi connectivity index (χ4v) is 3.56. The summed E-state index contributed by atoms with van der Waals surface area (Å²) in [6.07, 6.45) is 6.44. The summed E-state index contributed by atoms with van der Waals surface area (Å²) in [6.45, 7) is 4.92. The van der Waals surface area contributed by atoms with E-state index in [0.29, 0.717) is 16.3 Å². The Hall–Kier alpha value is -1.10. The Morgan fingerprint density at radius 2 is 2.11 bits per heavy atom. The number of carbonyl (C=O) groups is 1. The van der Waals surface area contributed by atoms with E-state index in [0.717, 1.165) is 24.8 Å². The second kappa shape index (κ2) is 6.37. The standard InChI is InChI=1S/C14H22N2O2S/c1-9-3-5-11(6-4-9)7-8-15-13-12(14(17)18)10(2)16-19-13/h9,11,15H,3-8H2,1-2H3,(H,17,18). The molecule has 1 heterocycles. The molecule has 2 N–H and O–H groups in total. The highest BCUT2D eigenvalue weighted by Gasteiger charge is 2.19. The first-order valence-corrected chi connectivity index (χ1v) is 7.78. The van der Waals surface area contributed by atoms with Crippen LogP contribution in [0.3, 0.4) is 0 Å². The van der Waals surface area contributed by atoms with Crippen LogP contribution in [0.1, 0.15) is 55.1 Å². The lowest BCUT2D eigenvalue weighted by Gasteiger charge is -2.26. The zero-order valence-electron chi connectivity index (χ0n) is 11.6. The molecule has 106 valence electrons. The second-order valence-electron chi connectivity index (χ2n) is 5.62. The molecule has 19 heavy (non-hydrogen) atoms. The lowest BCUT2D eigenvalue weighted by atomic mass is 9.81. The summed E-state index contributed by atoms with van der Waals surface area (Å²) in [7, 11) is 0. The third-order valence-electron chi connectivity index (χ3n) is 4.05. The van der Waals surface area contributed by atoms with Crippen molar-refractivity contribution in [2.45, 2.75) is 46.0 Å². The number of aromatic carboxylic acids is 1. The van der Waals surface area contributed by atoms with E-state index in [1.165, 1.54) is 37.2 Å². The van der Waals surface area contributed by atoms with Gasteiger partial charge in [0.2, 0.25) is 0 Å². The van der Waals surface area contributed by atoms with Crippen LogP contribution in [0.25, 0.3) is 0 Å². The summed E-state index contributed by atoms with van der Waals surface area (Å²) in [5.74, 6) is 0.790. The van der Waals surface area contributed by atoms with Crippen LogP contribution in [0.2, 0.25) is 0 Å². The van der Waals surface area contributed by atoms with Gasteiger partial charge in [-0.05, 0) is 36.7 Å². The van der Waals surface area contributed by atoms with Gasteiger partial charge in [-0.2, -0.15) is 4.37 Å². The largest absolute Gasteiger partial charge is 0.478 e. The van der Waals surface area contributed by atoms with Gasteiger partial charge in [0, 0.05) is 6.54 Å². The third kappa shape index (κ3) is 3.69. The van der Waals surface area contributed by atoms with Crippen LogP contribution in [0.15, 0.2) is 0 Å². The van der Waals surface area contributed by atoms with Gasteiger partial charge in [0.15, 0.2) is 0 Å². The molecule has 1 aromatic rings. The number of aromatic nitrogens is 1. The molecule has 0 spiro atoms. The molecular weight excluding hydrogens is 260 g/mol. The van der Waals surface area contributed by atoms with E-state index < -0.39 is 5.97 Å². The van der Waals surface area contributed by atoms with E-state index in [4.69, 9.17) is 5.11 Å². The number of carboxylic acid groups (broad SMARTS) is 1. The first-order valence-electron chi connectivity index (χ1n) is 7.01. The number of rotatable bonds is 5. The van der Waals surface area contributed by atoms with Crippen molar-refractivity contribution in [3.63, 3.8) is 0 Å². The highest BCUT2D eigenvalue weighted by Crippen LogP contribution is 2.31. The zero-order valence-corrected chi connectivity index (χ0v) is 12.4. The third-order valence-corrected chi connectivity index (χ3v) is 4.95. The first kappa shape index (κ1) is 14.3. The number of hydrogen-bond acceptors (Lipinski definition) is 4. The zero-order chi connectivity index (χ0) is 13.8. The summed E-state index contributed by atoms with van der Waals surface area (Å²) < 4.78 is 4.11. The molecule has 1 aliphatic rings. The maximum atomic E-state index is 11.1. The summed E-state index contributed by atoms with van der Waals surface area (Å²) in [5, 5.41) is 13.1. The highest BCUT2D eigenvalue weighted by atomic mass is 32.1. The average molecular weight is 282 g/mol. The van der Waals surface area contributed by atoms with Gasteiger partial charge in [-0.15, -0.1) is 0 Å². The lowest BCUT2D eigenvalue weighted by molar-refractivity contribution is 0.0697. The normalized spacial score (nSPS) is 23.3. The molecule has 5 heteroatoms. The molecule has 1 aliphatic carbocycles. The maximum absolute atomic E-state index is 11.1. The van der Waals surface area contributed by atoms with Crippen molar-refractivity contribution >= 4 is 22.5 Å². The molecule has 0 unspecified atom stereocenters. The van der Waals surface area contributed by atoms with Crippen LogP contribution in [0.4, 0.5) is 5.00 Å². The van der Waals surface area contributed by atoms with E-state index in [1.807, 2.05) is 0 Å². The van der Waals surface area contributed by atoms with Gasteiger partial charge in [0.25, 0.3) is 0 Å². The van der Waals surface area contributed by atoms with Gasteiger partial charge in [-0.25, -0.2) is 4.79 Å². The quantitative estimate of drug-likeness (QED) is 0.862. The van der Waals surface area contributed by atoms with E-state index in [-0.39, 0.29) is 0 Å². The van der Waals surface area contributed by atoms with Gasteiger partial charge in [0.1, 0.15) is 10.6 Å². The Morgan fingerprint density at radius 1 is 1.42 bits per heavy atom. The molecule has 0 radical (unpaired) electrons. The van der Waals surface area contributed by atoms with Gasteiger partial charge < -0.3 is 10.4 Å². The Bertz CT molecular complexity index is 437. The van der Waals surface area contributed by atoms with Crippen molar-refractivity contribution in [3.05, 3.63) is 11.3 Å². The molecule has 2 rings (SSSR count). The van der Waals surface area contributed by atoms with Crippen LogP contribution in [-0.4, -0.2) is 22.0 Å². The summed E-state index contributed by atoms with van der Waals surface area (Å²) in [5.41, 5.74) is 0.939. The molecule has 0 bridgehead atoms. The first-order chi connectivity index (χ1) is 9.08. The van der Waals surface area contributed by atoms with Crippen LogP contribution < -0.4 is 5.32 Å². The van der Waals surface area contributed by atoms with Crippen molar-refractivity contribution in [3.8, 4) is 0 Å². The van der Waals surface area contributed by atoms with Gasteiger partial charge in [-0.1, -0.05) is 32.6 Å². The topological polar surface area (TPSA) is 62.2 Å². The minimum Gasteiger partial charge on any atom is -0.478 e. The van der Waals surface area contributed by atoms with Crippen LogP contribution in [0, 0.1) is 18.8 Å². The predicted molar refractivity (Wildman–Crippen MR) is 78.0 cm³/mol. The smallest absolute Gasteiger partial charge is 0.340 e. The Labute approximate surface area is 118 Å². The van der Waals surface area contributed by atoms with Crippen molar-refractivity contribution in [2.24, 2.45) is 11.8 Å². The molecule has 0 atom stereocenters. The average Bonchev–Trinajstić information content (AvgIpc) is 2.73. The number of nitrogens with one attached hydrogen (secondary N) is 1. The molecule has 0 aliphatic heterocycles. The van der Waals surface area contributed by atoms with Gasteiger partial charge in [-0.3, -0.25) is 0 Å². The number of carboxylic acids is 1. The minimum absolute atomic E-state index is 0.335. The Balaban J connectivity index is 1.81. The molecular formula is C14H22N2O2S. The van der Waals surface area contributed by atoms with E-state index in [2.05, 4.69) is 16.6 Å². The maximum Gasteiger partial charge on any atom is 0.340 e. The van der Waals surface area contributed by atoms with Crippen LogP contribution >= 0.6 is 11.5 Å². The van der Waals surface area contributed by atoms with E-state index >= 15 is 0 Å².